The van der Waals surface area contributed by atoms with Crippen LogP contribution in [0.4, 0.5) is 10.5 Å². The molecule has 18 heavy (non-hydrogen) atoms. The van der Waals surface area contributed by atoms with Crippen LogP contribution in [0.25, 0.3) is 0 Å². The third-order valence-corrected chi connectivity index (χ3v) is 2.92. The summed E-state index contributed by atoms with van der Waals surface area (Å²) in [5.74, 6) is 0.00543. The third kappa shape index (κ3) is 5.67. The Kier molecular flexibility index (Phi) is 4.72. The molecule has 0 spiro atoms. The largest absolute Gasteiger partial charge is 0.336 e. The maximum absolute atomic E-state index is 11.4. The highest BCUT2D eigenvalue weighted by atomic mass is 32.2. The standard InChI is InChI=1S/C12H18N2O3S/c1-9(2)13-12(15)14-11-6-4-10(5-7-11)8-18(3,16)17/h4-7,9H,8H2,1-3H3,(H2,13,14,15). The number of nitrogens with one attached hydrogen (secondary N) is 2. The lowest BCUT2D eigenvalue weighted by atomic mass is 10.2. The molecule has 6 heteroatoms. The first-order valence-electron chi connectivity index (χ1n) is 5.60. The lowest BCUT2D eigenvalue weighted by Gasteiger charge is -2.10. The second kappa shape index (κ2) is 5.86. The van der Waals surface area contributed by atoms with E-state index in [1.807, 2.05) is 13.8 Å². The lowest BCUT2D eigenvalue weighted by molar-refractivity contribution is 0.250. The van der Waals surface area contributed by atoms with Gasteiger partial charge in [-0.1, -0.05) is 12.1 Å². The molecule has 0 saturated heterocycles. The number of carbonyl (C=O) groups excluding carboxylic acids is 1. The molecule has 0 atom stereocenters. The Labute approximate surface area is 108 Å². The quantitative estimate of drug-likeness (QED) is 0.875. The summed E-state index contributed by atoms with van der Waals surface area (Å²) in [6.07, 6.45) is 1.19. The minimum atomic E-state index is -3.03. The van der Waals surface area contributed by atoms with Gasteiger partial charge in [0.25, 0.3) is 0 Å². The van der Waals surface area contributed by atoms with E-state index >= 15 is 0 Å². The van der Waals surface area contributed by atoms with Gasteiger partial charge in [-0.2, -0.15) is 0 Å². The highest BCUT2D eigenvalue weighted by Gasteiger charge is 2.06. The minimum Gasteiger partial charge on any atom is -0.336 e. The second-order valence-electron chi connectivity index (χ2n) is 4.52. The maximum Gasteiger partial charge on any atom is 0.319 e. The van der Waals surface area contributed by atoms with Crippen molar-refractivity contribution in [2.24, 2.45) is 0 Å². The van der Waals surface area contributed by atoms with Gasteiger partial charge in [0.05, 0.1) is 5.75 Å². The van der Waals surface area contributed by atoms with Crippen LogP contribution in [0.2, 0.25) is 0 Å². The lowest BCUT2D eigenvalue weighted by Crippen LogP contribution is -2.34. The van der Waals surface area contributed by atoms with E-state index in [2.05, 4.69) is 10.6 Å². The summed E-state index contributed by atoms with van der Waals surface area (Å²) >= 11 is 0. The molecular weight excluding hydrogens is 252 g/mol. The zero-order valence-corrected chi connectivity index (χ0v) is 11.5. The van der Waals surface area contributed by atoms with Gasteiger partial charge in [-0.15, -0.1) is 0 Å². The molecule has 2 N–H and O–H groups in total. The smallest absolute Gasteiger partial charge is 0.319 e. The molecule has 100 valence electrons. The van der Waals surface area contributed by atoms with Crippen molar-refractivity contribution in [3.63, 3.8) is 0 Å². The van der Waals surface area contributed by atoms with E-state index in [0.717, 1.165) is 0 Å². The molecule has 0 heterocycles. The molecule has 0 saturated carbocycles. The van der Waals surface area contributed by atoms with E-state index in [1.54, 1.807) is 24.3 Å². The molecule has 1 aromatic rings. The Hall–Kier alpha value is -1.56. The minimum absolute atomic E-state index is 0.00543. The number of amides is 2. The van der Waals surface area contributed by atoms with E-state index in [-0.39, 0.29) is 17.8 Å². The van der Waals surface area contributed by atoms with Gasteiger partial charge >= 0.3 is 6.03 Å². The normalized spacial score (nSPS) is 11.3. The molecule has 0 aliphatic heterocycles. The summed E-state index contributed by atoms with van der Waals surface area (Å²) in [6, 6.07) is 6.52. The Bertz CT molecular complexity index is 507. The maximum atomic E-state index is 11.4. The van der Waals surface area contributed by atoms with Crippen molar-refractivity contribution in [3.8, 4) is 0 Å². The van der Waals surface area contributed by atoms with Crippen LogP contribution in [0.1, 0.15) is 19.4 Å². The van der Waals surface area contributed by atoms with Crippen LogP contribution in [0, 0.1) is 0 Å². The predicted molar refractivity (Wildman–Crippen MR) is 72.3 cm³/mol. The van der Waals surface area contributed by atoms with Crippen LogP contribution in [0.15, 0.2) is 24.3 Å². The van der Waals surface area contributed by atoms with Crippen molar-refractivity contribution in [2.75, 3.05) is 11.6 Å². The monoisotopic (exact) mass is 270 g/mol. The van der Waals surface area contributed by atoms with Gasteiger partial charge in [0, 0.05) is 18.0 Å². The number of sulfone groups is 1. The fourth-order valence-electron chi connectivity index (χ4n) is 1.42. The van der Waals surface area contributed by atoms with Crippen molar-refractivity contribution in [1.29, 1.82) is 0 Å². The molecule has 1 aromatic carbocycles. The number of benzene rings is 1. The molecule has 0 unspecified atom stereocenters. The summed E-state index contributed by atoms with van der Waals surface area (Å²) in [4.78, 5) is 11.4. The van der Waals surface area contributed by atoms with E-state index in [9.17, 15) is 13.2 Å². The Morgan fingerprint density at radius 3 is 2.22 bits per heavy atom. The number of rotatable bonds is 4. The number of urea groups is 1. The van der Waals surface area contributed by atoms with Crippen LogP contribution in [-0.4, -0.2) is 26.7 Å². The average Bonchev–Trinajstić information content (AvgIpc) is 2.17. The van der Waals surface area contributed by atoms with Crippen LogP contribution < -0.4 is 10.6 Å². The van der Waals surface area contributed by atoms with E-state index in [4.69, 9.17) is 0 Å². The molecule has 1 rings (SSSR count). The second-order valence-corrected chi connectivity index (χ2v) is 6.66. The first kappa shape index (κ1) is 14.5. The summed E-state index contributed by atoms with van der Waals surface area (Å²) in [7, 11) is -3.03. The van der Waals surface area contributed by atoms with Gasteiger partial charge in [-0.25, -0.2) is 13.2 Å². The molecule has 0 radical (unpaired) electrons. The summed E-state index contributed by atoms with van der Waals surface area (Å²) in [5, 5.41) is 5.36. The molecule has 0 aliphatic carbocycles. The third-order valence-electron chi connectivity index (χ3n) is 2.06. The average molecular weight is 270 g/mol. The predicted octanol–water partition coefficient (Wildman–Crippen LogP) is 1.76. The van der Waals surface area contributed by atoms with Gasteiger partial charge in [0.15, 0.2) is 9.84 Å². The highest BCUT2D eigenvalue weighted by molar-refractivity contribution is 7.89. The van der Waals surface area contributed by atoms with Crippen LogP contribution in [0.5, 0.6) is 0 Å². The van der Waals surface area contributed by atoms with E-state index < -0.39 is 9.84 Å². The van der Waals surface area contributed by atoms with Gasteiger partial charge < -0.3 is 10.6 Å². The van der Waals surface area contributed by atoms with Crippen molar-refractivity contribution in [1.82, 2.24) is 5.32 Å². The molecule has 0 bridgehead atoms. The Morgan fingerprint density at radius 2 is 1.78 bits per heavy atom. The fraction of sp³-hybridized carbons (Fsp3) is 0.417. The first-order valence-corrected chi connectivity index (χ1v) is 7.66. The number of carbonyl (C=O) groups is 1. The first-order chi connectivity index (χ1) is 8.26. The van der Waals surface area contributed by atoms with Gasteiger partial charge in [0.1, 0.15) is 0 Å². The van der Waals surface area contributed by atoms with Gasteiger partial charge in [-0.05, 0) is 31.5 Å². The van der Waals surface area contributed by atoms with E-state index in [1.165, 1.54) is 6.26 Å². The molecule has 0 fully saturated rings. The highest BCUT2D eigenvalue weighted by Crippen LogP contribution is 2.11. The Balaban J connectivity index is 2.63. The summed E-state index contributed by atoms with van der Waals surface area (Å²) in [6.45, 7) is 3.74. The molecule has 2 amide bonds. The number of hydrogen-bond acceptors (Lipinski definition) is 3. The Morgan fingerprint density at radius 1 is 1.22 bits per heavy atom. The van der Waals surface area contributed by atoms with Crippen LogP contribution in [0.3, 0.4) is 0 Å². The summed E-state index contributed by atoms with van der Waals surface area (Å²) in [5.41, 5.74) is 1.33. The number of hydrogen-bond donors (Lipinski definition) is 2. The van der Waals surface area contributed by atoms with Crippen molar-refractivity contribution < 1.29 is 13.2 Å². The van der Waals surface area contributed by atoms with Gasteiger partial charge in [-0.3, -0.25) is 0 Å². The van der Waals surface area contributed by atoms with Crippen molar-refractivity contribution in [2.45, 2.75) is 25.6 Å². The van der Waals surface area contributed by atoms with Crippen LogP contribution >= 0.6 is 0 Å². The fourth-order valence-corrected chi connectivity index (χ4v) is 2.21. The SMILES string of the molecule is CC(C)NC(=O)Nc1ccc(CS(C)(=O)=O)cc1. The van der Waals surface area contributed by atoms with Gasteiger partial charge in [0.2, 0.25) is 0 Å². The molecule has 5 nitrogen and oxygen atoms in total. The molecular formula is C12H18N2O3S. The van der Waals surface area contributed by atoms with Crippen molar-refractivity contribution >= 4 is 21.6 Å². The van der Waals surface area contributed by atoms with E-state index in [0.29, 0.717) is 11.3 Å². The molecule has 0 aliphatic rings. The van der Waals surface area contributed by atoms with Crippen LogP contribution in [-0.2, 0) is 15.6 Å². The molecule has 0 aromatic heterocycles. The van der Waals surface area contributed by atoms with Crippen molar-refractivity contribution in [3.05, 3.63) is 29.8 Å². The number of anilines is 1. The summed E-state index contributed by atoms with van der Waals surface area (Å²) < 4.78 is 22.2. The topological polar surface area (TPSA) is 75.3 Å². The zero-order chi connectivity index (χ0) is 13.8. The zero-order valence-electron chi connectivity index (χ0n) is 10.7.